The third kappa shape index (κ3) is 4.09. The molecule has 2 aromatic rings. The first-order valence-electron chi connectivity index (χ1n) is 7.83. The molecule has 1 aromatic heterocycles. The number of nitrogens with one attached hydrogen (secondary N) is 1. The van der Waals surface area contributed by atoms with Crippen LogP contribution in [0.3, 0.4) is 0 Å². The fourth-order valence-electron chi connectivity index (χ4n) is 2.80. The van der Waals surface area contributed by atoms with E-state index in [1.54, 1.807) is 0 Å². The number of benzene rings is 1. The van der Waals surface area contributed by atoms with Gasteiger partial charge in [0.05, 0.1) is 10.5 Å². The van der Waals surface area contributed by atoms with E-state index in [0.717, 1.165) is 27.6 Å². The molecule has 21 heavy (non-hydrogen) atoms. The van der Waals surface area contributed by atoms with E-state index in [4.69, 9.17) is 10.3 Å². The highest BCUT2D eigenvalue weighted by molar-refractivity contribution is 9.10. The smallest absolute Gasteiger partial charge is 0.148 e. The molecule has 0 saturated heterocycles. The lowest BCUT2D eigenvalue weighted by Crippen LogP contribution is -2.29. The maximum atomic E-state index is 6.01. The molecule has 0 aliphatic heterocycles. The van der Waals surface area contributed by atoms with Crippen molar-refractivity contribution < 1.29 is 4.42 Å². The normalized spacial score (nSPS) is 14.5. The first kappa shape index (κ1) is 16.5. The maximum absolute atomic E-state index is 6.01. The second kappa shape index (κ2) is 7.97. The van der Waals surface area contributed by atoms with Crippen molar-refractivity contribution >= 4 is 26.9 Å². The Morgan fingerprint density at radius 1 is 1.33 bits per heavy atom. The van der Waals surface area contributed by atoms with Crippen LogP contribution in [0.15, 0.2) is 33.2 Å². The Kier molecular flexibility index (Phi) is 6.27. The lowest BCUT2D eigenvalue weighted by atomic mass is 9.91. The summed E-state index contributed by atoms with van der Waals surface area (Å²) in [5.74, 6) is 7.38. The fourth-order valence-corrected chi connectivity index (χ4v) is 3.26. The van der Waals surface area contributed by atoms with Crippen LogP contribution in [0.5, 0.6) is 0 Å². The summed E-state index contributed by atoms with van der Waals surface area (Å²) in [6, 6.07) is 8.25. The van der Waals surface area contributed by atoms with Gasteiger partial charge in [-0.25, -0.2) is 5.43 Å². The molecular formula is C17H25BrN2O. The van der Waals surface area contributed by atoms with Gasteiger partial charge in [0, 0.05) is 5.39 Å². The average molecular weight is 353 g/mol. The highest BCUT2D eigenvalue weighted by Crippen LogP contribution is 2.33. The van der Waals surface area contributed by atoms with Crippen LogP contribution in [0, 0.1) is 5.92 Å². The molecule has 0 aliphatic carbocycles. The predicted molar refractivity (Wildman–Crippen MR) is 91.9 cm³/mol. The largest absolute Gasteiger partial charge is 0.458 e. The van der Waals surface area contributed by atoms with Crippen molar-refractivity contribution in [1.82, 2.24) is 5.43 Å². The van der Waals surface area contributed by atoms with Gasteiger partial charge in [0.25, 0.3) is 0 Å². The van der Waals surface area contributed by atoms with Gasteiger partial charge in [-0.1, -0.05) is 51.7 Å². The van der Waals surface area contributed by atoms with Crippen molar-refractivity contribution in [2.75, 3.05) is 0 Å². The molecule has 3 nitrogen and oxygen atoms in total. The first-order chi connectivity index (χ1) is 10.2. The minimum atomic E-state index is 0.0751. The Morgan fingerprint density at radius 3 is 2.76 bits per heavy atom. The van der Waals surface area contributed by atoms with Crippen molar-refractivity contribution in [2.24, 2.45) is 11.8 Å². The molecule has 0 radical (unpaired) electrons. The molecule has 116 valence electrons. The molecule has 0 bridgehead atoms. The first-order valence-corrected chi connectivity index (χ1v) is 8.62. The minimum Gasteiger partial charge on any atom is -0.458 e. The molecule has 0 aliphatic rings. The summed E-state index contributed by atoms with van der Waals surface area (Å²) in [6.45, 7) is 4.49. The number of hydrazine groups is 1. The summed E-state index contributed by atoms with van der Waals surface area (Å²) in [5, 5.41) is 1.11. The molecule has 0 amide bonds. The van der Waals surface area contributed by atoms with E-state index in [-0.39, 0.29) is 6.04 Å². The van der Waals surface area contributed by atoms with Gasteiger partial charge in [-0.05, 0) is 40.4 Å². The molecule has 4 heteroatoms. The number of nitrogens with two attached hydrogens (primary N) is 1. The van der Waals surface area contributed by atoms with Gasteiger partial charge in [0.1, 0.15) is 11.3 Å². The van der Waals surface area contributed by atoms with E-state index >= 15 is 0 Å². The van der Waals surface area contributed by atoms with Crippen LogP contribution in [0.25, 0.3) is 11.0 Å². The van der Waals surface area contributed by atoms with Crippen LogP contribution in [0.2, 0.25) is 0 Å². The zero-order chi connectivity index (χ0) is 15.2. The standard InChI is InChI=1S/C17H25BrN2O/c1-3-5-7-12(4-2)10-15(20-19)16-11-13-8-6-9-14(18)17(13)21-16/h6,8-9,11-12,15,20H,3-5,7,10,19H2,1-2H3. The van der Waals surface area contributed by atoms with Crippen LogP contribution in [-0.2, 0) is 0 Å². The number of fused-ring (bicyclic) bond motifs is 1. The molecule has 1 aromatic carbocycles. The average Bonchev–Trinajstić information content (AvgIpc) is 2.93. The summed E-state index contributed by atoms with van der Waals surface area (Å²) in [7, 11) is 0. The van der Waals surface area contributed by atoms with Gasteiger partial charge in [-0.15, -0.1) is 0 Å². The molecule has 2 unspecified atom stereocenters. The number of hydrogen-bond acceptors (Lipinski definition) is 3. The number of hydrogen-bond donors (Lipinski definition) is 2. The van der Waals surface area contributed by atoms with Gasteiger partial charge in [0.2, 0.25) is 0 Å². The summed E-state index contributed by atoms with van der Waals surface area (Å²) in [4.78, 5) is 0. The third-order valence-corrected chi connectivity index (χ3v) is 4.80. The van der Waals surface area contributed by atoms with Crippen LogP contribution in [0.1, 0.15) is 57.8 Å². The van der Waals surface area contributed by atoms with E-state index in [2.05, 4.69) is 47.3 Å². The summed E-state index contributed by atoms with van der Waals surface area (Å²) < 4.78 is 7.00. The third-order valence-electron chi connectivity index (χ3n) is 4.17. The molecule has 3 N–H and O–H groups in total. The predicted octanol–water partition coefficient (Wildman–Crippen LogP) is 5.31. The molecule has 0 spiro atoms. The number of furan rings is 1. The Hall–Kier alpha value is -0.840. The highest BCUT2D eigenvalue weighted by Gasteiger charge is 2.20. The van der Waals surface area contributed by atoms with Gasteiger partial charge in [0.15, 0.2) is 0 Å². The van der Waals surface area contributed by atoms with Gasteiger partial charge in [-0.2, -0.15) is 0 Å². The SMILES string of the molecule is CCCCC(CC)CC(NN)c1cc2cccc(Br)c2o1. The number of unbranched alkanes of at least 4 members (excludes halogenated alkanes) is 1. The van der Waals surface area contributed by atoms with Crippen molar-refractivity contribution in [3.63, 3.8) is 0 Å². The maximum Gasteiger partial charge on any atom is 0.148 e. The van der Waals surface area contributed by atoms with Crippen molar-refractivity contribution in [3.8, 4) is 0 Å². The zero-order valence-electron chi connectivity index (χ0n) is 12.9. The van der Waals surface area contributed by atoms with Gasteiger partial charge < -0.3 is 4.42 Å². The lowest BCUT2D eigenvalue weighted by molar-refractivity contribution is 0.325. The van der Waals surface area contributed by atoms with Gasteiger partial charge in [-0.3, -0.25) is 5.84 Å². The van der Waals surface area contributed by atoms with E-state index < -0.39 is 0 Å². The van der Waals surface area contributed by atoms with E-state index in [1.165, 1.54) is 25.7 Å². The molecule has 0 fully saturated rings. The molecule has 2 rings (SSSR count). The molecule has 1 heterocycles. The van der Waals surface area contributed by atoms with E-state index in [9.17, 15) is 0 Å². The van der Waals surface area contributed by atoms with Crippen LogP contribution in [0.4, 0.5) is 0 Å². The van der Waals surface area contributed by atoms with Crippen molar-refractivity contribution in [1.29, 1.82) is 0 Å². The van der Waals surface area contributed by atoms with Crippen molar-refractivity contribution in [2.45, 2.75) is 52.0 Å². The topological polar surface area (TPSA) is 51.2 Å². The monoisotopic (exact) mass is 352 g/mol. The number of para-hydroxylation sites is 1. The summed E-state index contributed by atoms with van der Waals surface area (Å²) >= 11 is 3.53. The quantitative estimate of drug-likeness (QED) is 0.500. The van der Waals surface area contributed by atoms with Crippen LogP contribution in [-0.4, -0.2) is 0 Å². The van der Waals surface area contributed by atoms with Crippen LogP contribution >= 0.6 is 15.9 Å². The van der Waals surface area contributed by atoms with Crippen LogP contribution < -0.4 is 11.3 Å². The summed E-state index contributed by atoms with van der Waals surface area (Å²) in [5.41, 5.74) is 3.83. The molecule has 2 atom stereocenters. The van der Waals surface area contributed by atoms with Gasteiger partial charge >= 0.3 is 0 Å². The van der Waals surface area contributed by atoms with E-state index in [0.29, 0.717) is 5.92 Å². The Morgan fingerprint density at radius 2 is 2.14 bits per heavy atom. The second-order valence-corrected chi connectivity index (χ2v) is 6.53. The molecular weight excluding hydrogens is 328 g/mol. The zero-order valence-corrected chi connectivity index (χ0v) is 14.4. The Bertz CT molecular complexity index is 567. The number of rotatable bonds is 8. The highest BCUT2D eigenvalue weighted by atomic mass is 79.9. The minimum absolute atomic E-state index is 0.0751. The lowest BCUT2D eigenvalue weighted by Gasteiger charge is -2.20. The fraction of sp³-hybridized carbons (Fsp3) is 0.529. The van der Waals surface area contributed by atoms with E-state index in [1.807, 2.05) is 12.1 Å². The summed E-state index contributed by atoms with van der Waals surface area (Å²) in [6.07, 6.45) is 5.98. The Balaban J connectivity index is 2.16. The van der Waals surface area contributed by atoms with Crippen molar-refractivity contribution in [3.05, 3.63) is 34.5 Å². The Labute approximate surface area is 135 Å². The number of halogens is 1. The second-order valence-electron chi connectivity index (χ2n) is 5.68. The molecule has 0 saturated carbocycles.